The fourth-order valence-corrected chi connectivity index (χ4v) is 4.39. The van der Waals surface area contributed by atoms with Crippen molar-refractivity contribution < 1.29 is 4.74 Å². The summed E-state index contributed by atoms with van der Waals surface area (Å²) in [6.07, 6.45) is 4.31. The number of hydrogen-bond donors (Lipinski definition) is 1. The molecule has 98 valence electrons. The molecule has 0 bridgehead atoms. The molecule has 0 aromatic heterocycles. The Labute approximate surface area is 117 Å². The van der Waals surface area contributed by atoms with E-state index in [4.69, 9.17) is 4.74 Å². The van der Waals surface area contributed by atoms with Crippen molar-refractivity contribution in [2.45, 2.75) is 25.3 Å². The summed E-state index contributed by atoms with van der Waals surface area (Å²) in [5.41, 5.74) is 1.38. The molecule has 0 heterocycles. The summed E-state index contributed by atoms with van der Waals surface area (Å²) in [4.78, 5) is 0. The molecule has 2 saturated carbocycles. The molecule has 3 heteroatoms. The molecular formula is C15H20BrNO. The molecule has 2 aliphatic rings. The topological polar surface area (TPSA) is 21.3 Å². The van der Waals surface area contributed by atoms with Gasteiger partial charge in [0.15, 0.2) is 0 Å². The van der Waals surface area contributed by atoms with Crippen molar-refractivity contribution in [3.63, 3.8) is 0 Å². The van der Waals surface area contributed by atoms with Gasteiger partial charge in [0.1, 0.15) is 5.75 Å². The Kier molecular flexibility index (Phi) is 3.37. The largest absolute Gasteiger partial charge is 0.496 e. The molecule has 2 nitrogen and oxygen atoms in total. The van der Waals surface area contributed by atoms with E-state index in [1.54, 1.807) is 7.11 Å². The first-order chi connectivity index (χ1) is 8.76. The average Bonchev–Trinajstić information content (AvgIpc) is 2.85. The number of halogens is 1. The normalized spacial score (nSPS) is 30.9. The number of methoxy groups -OCH3 is 1. The molecule has 0 radical (unpaired) electrons. The summed E-state index contributed by atoms with van der Waals surface area (Å²) in [5.74, 6) is 3.71. The van der Waals surface area contributed by atoms with Gasteiger partial charge in [-0.15, -0.1) is 0 Å². The lowest BCUT2D eigenvalue weighted by Gasteiger charge is -2.19. The molecule has 3 unspecified atom stereocenters. The lowest BCUT2D eigenvalue weighted by molar-refractivity contribution is 0.410. The quantitative estimate of drug-likeness (QED) is 0.914. The van der Waals surface area contributed by atoms with E-state index in [1.807, 2.05) is 0 Å². The van der Waals surface area contributed by atoms with Crippen LogP contribution in [0.15, 0.2) is 22.7 Å². The van der Waals surface area contributed by atoms with Crippen LogP contribution in [0.4, 0.5) is 0 Å². The lowest BCUT2D eigenvalue weighted by atomic mass is 9.97. The Hall–Kier alpha value is -0.540. The Balaban J connectivity index is 1.82. The molecule has 18 heavy (non-hydrogen) atoms. The second-order valence-corrected chi connectivity index (χ2v) is 6.35. The van der Waals surface area contributed by atoms with Crippen molar-refractivity contribution in [1.82, 2.24) is 5.32 Å². The molecular weight excluding hydrogens is 290 g/mol. The first kappa shape index (κ1) is 12.5. The molecule has 0 spiro atoms. The van der Waals surface area contributed by atoms with Crippen LogP contribution in [0.3, 0.4) is 0 Å². The minimum atomic E-state index is 0.502. The van der Waals surface area contributed by atoms with Crippen LogP contribution >= 0.6 is 15.9 Å². The fraction of sp³-hybridized carbons (Fsp3) is 0.600. The predicted octanol–water partition coefficient (Wildman–Crippen LogP) is 3.76. The van der Waals surface area contributed by atoms with Gasteiger partial charge in [-0.2, -0.15) is 0 Å². The Bertz CT molecular complexity index is 438. The third-order valence-corrected chi connectivity index (χ3v) is 5.32. The van der Waals surface area contributed by atoms with E-state index in [0.29, 0.717) is 6.04 Å². The van der Waals surface area contributed by atoms with Gasteiger partial charge in [0.05, 0.1) is 11.6 Å². The van der Waals surface area contributed by atoms with Crippen molar-refractivity contribution >= 4 is 15.9 Å². The van der Waals surface area contributed by atoms with Crippen molar-refractivity contribution in [1.29, 1.82) is 0 Å². The highest BCUT2D eigenvalue weighted by molar-refractivity contribution is 9.10. The van der Waals surface area contributed by atoms with E-state index in [0.717, 1.165) is 28.0 Å². The van der Waals surface area contributed by atoms with Crippen molar-refractivity contribution in [3.8, 4) is 5.75 Å². The second-order valence-electron chi connectivity index (χ2n) is 5.50. The van der Waals surface area contributed by atoms with Gasteiger partial charge in [0, 0.05) is 6.04 Å². The van der Waals surface area contributed by atoms with Crippen LogP contribution in [-0.4, -0.2) is 14.2 Å². The molecule has 2 aliphatic carbocycles. The van der Waals surface area contributed by atoms with Gasteiger partial charge < -0.3 is 10.1 Å². The molecule has 3 atom stereocenters. The van der Waals surface area contributed by atoms with Gasteiger partial charge in [0.25, 0.3) is 0 Å². The molecule has 1 aromatic carbocycles. The Morgan fingerprint density at radius 2 is 2.06 bits per heavy atom. The summed E-state index contributed by atoms with van der Waals surface area (Å²) in [6.45, 7) is 0. The van der Waals surface area contributed by atoms with E-state index in [2.05, 4.69) is 46.5 Å². The molecule has 2 fully saturated rings. The maximum absolute atomic E-state index is 5.30. The summed E-state index contributed by atoms with van der Waals surface area (Å²) in [7, 11) is 3.79. The van der Waals surface area contributed by atoms with Crippen molar-refractivity contribution in [2.75, 3.05) is 14.2 Å². The number of nitrogens with one attached hydrogen (secondary N) is 1. The zero-order chi connectivity index (χ0) is 12.7. The number of ether oxygens (including phenoxy) is 1. The van der Waals surface area contributed by atoms with Crippen LogP contribution in [0.5, 0.6) is 5.75 Å². The molecule has 0 saturated heterocycles. The number of rotatable bonds is 4. The van der Waals surface area contributed by atoms with Crippen LogP contribution in [0.25, 0.3) is 0 Å². The zero-order valence-electron chi connectivity index (χ0n) is 10.9. The van der Waals surface area contributed by atoms with E-state index < -0.39 is 0 Å². The van der Waals surface area contributed by atoms with E-state index >= 15 is 0 Å². The summed E-state index contributed by atoms with van der Waals surface area (Å²) in [5, 5.41) is 3.51. The van der Waals surface area contributed by atoms with Crippen molar-refractivity contribution in [3.05, 3.63) is 28.2 Å². The van der Waals surface area contributed by atoms with Crippen LogP contribution in [-0.2, 0) is 0 Å². The SMILES string of the molecule is CNC(c1ccc(OC)c(Br)c1)C1C2CCCC21. The van der Waals surface area contributed by atoms with Crippen molar-refractivity contribution in [2.24, 2.45) is 17.8 Å². The van der Waals surface area contributed by atoms with Gasteiger partial charge in [-0.05, 0) is 71.3 Å². The number of fused-ring (bicyclic) bond motifs is 1. The van der Waals surface area contributed by atoms with E-state index in [1.165, 1.54) is 24.8 Å². The van der Waals surface area contributed by atoms with Crippen LogP contribution in [0.2, 0.25) is 0 Å². The Morgan fingerprint density at radius 1 is 1.33 bits per heavy atom. The number of hydrogen-bond acceptors (Lipinski definition) is 2. The first-order valence-corrected chi connectivity index (χ1v) is 7.56. The second kappa shape index (κ2) is 4.86. The van der Waals surface area contributed by atoms with Gasteiger partial charge in [0.2, 0.25) is 0 Å². The summed E-state index contributed by atoms with van der Waals surface area (Å²) < 4.78 is 6.35. The van der Waals surface area contributed by atoms with Gasteiger partial charge >= 0.3 is 0 Å². The lowest BCUT2D eigenvalue weighted by Crippen LogP contribution is -2.20. The summed E-state index contributed by atoms with van der Waals surface area (Å²) >= 11 is 3.58. The smallest absolute Gasteiger partial charge is 0.133 e. The van der Waals surface area contributed by atoms with Gasteiger partial charge in [-0.25, -0.2) is 0 Å². The third-order valence-electron chi connectivity index (χ3n) is 4.70. The molecule has 1 N–H and O–H groups in total. The molecule has 1 aromatic rings. The Morgan fingerprint density at radius 3 is 2.61 bits per heavy atom. The van der Waals surface area contributed by atoms with Crippen LogP contribution in [0, 0.1) is 17.8 Å². The van der Waals surface area contributed by atoms with E-state index in [9.17, 15) is 0 Å². The van der Waals surface area contributed by atoms with Gasteiger partial charge in [-0.3, -0.25) is 0 Å². The zero-order valence-corrected chi connectivity index (χ0v) is 12.5. The standard InChI is InChI=1S/C15H20BrNO/c1-17-15(14-10-4-3-5-11(10)14)9-6-7-13(18-2)12(16)8-9/h6-8,10-11,14-15,17H,3-5H2,1-2H3. The number of benzene rings is 1. The predicted molar refractivity (Wildman–Crippen MR) is 76.8 cm³/mol. The molecule has 3 rings (SSSR count). The van der Waals surface area contributed by atoms with Crippen LogP contribution in [0.1, 0.15) is 30.9 Å². The molecule has 0 aliphatic heterocycles. The van der Waals surface area contributed by atoms with E-state index in [-0.39, 0.29) is 0 Å². The minimum absolute atomic E-state index is 0.502. The fourth-order valence-electron chi connectivity index (χ4n) is 3.83. The highest BCUT2D eigenvalue weighted by Gasteiger charge is 2.55. The first-order valence-electron chi connectivity index (χ1n) is 6.77. The maximum atomic E-state index is 5.30. The third kappa shape index (κ3) is 1.97. The highest BCUT2D eigenvalue weighted by Crippen LogP contribution is 2.62. The summed E-state index contributed by atoms with van der Waals surface area (Å²) in [6, 6.07) is 6.96. The van der Waals surface area contributed by atoms with Gasteiger partial charge in [-0.1, -0.05) is 12.5 Å². The maximum Gasteiger partial charge on any atom is 0.133 e. The van der Waals surface area contributed by atoms with Crippen LogP contribution < -0.4 is 10.1 Å². The minimum Gasteiger partial charge on any atom is -0.496 e. The average molecular weight is 310 g/mol. The highest BCUT2D eigenvalue weighted by atomic mass is 79.9. The monoisotopic (exact) mass is 309 g/mol. The molecule has 0 amide bonds.